The number of alkyl halides is 6. The molecule has 0 radical (unpaired) electrons. The lowest BCUT2D eigenvalue weighted by atomic mass is 9.77. The fourth-order valence-corrected chi connectivity index (χ4v) is 4.88. The second-order valence-electron chi connectivity index (χ2n) is 8.78. The van der Waals surface area contributed by atoms with Crippen molar-refractivity contribution in [3.8, 4) is 0 Å². The van der Waals surface area contributed by atoms with Crippen molar-refractivity contribution in [3.63, 3.8) is 0 Å². The molecule has 2 aliphatic heterocycles. The third kappa shape index (κ3) is 10.7. The van der Waals surface area contributed by atoms with Gasteiger partial charge in [-0.2, -0.15) is 26.3 Å². The molecule has 206 valence electrons. The Balaban J connectivity index is 0.000000286. The van der Waals surface area contributed by atoms with Crippen LogP contribution in [0.3, 0.4) is 0 Å². The van der Waals surface area contributed by atoms with Crippen LogP contribution in [-0.4, -0.2) is 75.5 Å². The average Bonchev–Trinajstić information content (AvgIpc) is 3.46. The van der Waals surface area contributed by atoms with Gasteiger partial charge in [-0.3, -0.25) is 14.8 Å². The van der Waals surface area contributed by atoms with E-state index in [1.165, 1.54) is 55.9 Å². The Hall–Kier alpha value is -2.71. The Labute approximate surface area is 213 Å². The topological polar surface area (TPSA) is 94.0 Å². The monoisotopic (exact) mass is 555 g/mol. The predicted octanol–water partition coefficient (Wildman–Crippen LogP) is 4.90. The SMILES string of the molecule is O=C(O)C(F)(F)F.O=C(O)C(F)(F)F.c1cncc(CN2CCC3(CC2)CCN(Cc2cccs2)C3)c1. The Morgan fingerprint density at radius 2 is 1.43 bits per heavy atom. The summed E-state index contributed by atoms with van der Waals surface area (Å²) in [6.45, 7) is 7.26. The van der Waals surface area contributed by atoms with E-state index in [0.717, 1.165) is 13.1 Å². The molecule has 7 nitrogen and oxygen atoms in total. The summed E-state index contributed by atoms with van der Waals surface area (Å²) in [6.07, 6.45) is -2.21. The van der Waals surface area contributed by atoms with Crippen LogP contribution in [-0.2, 0) is 22.7 Å². The van der Waals surface area contributed by atoms with Crippen molar-refractivity contribution in [1.82, 2.24) is 14.8 Å². The summed E-state index contributed by atoms with van der Waals surface area (Å²) < 4.78 is 63.5. The number of thiophene rings is 1. The van der Waals surface area contributed by atoms with E-state index in [0.29, 0.717) is 5.41 Å². The molecule has 37 heavy (non-hydrogen) atoms. The summed E-state index contributed by atoms with van der Waals surface area (Å²) in [5.41, 5.74) is 1.93. The van der Waals surface area contributed by atoms with Crippen molar-refractivity contribution in [2.75, 3.05) is 26.2 Å². The van der Waals surface area contributed by atoms with Crippen LogP contribution in [0.15, 0.2) is 42.0 Å². The molecule has 0 aliphatic carbocycles. The number of hydrogen-bond acceptors (Lipinski definition) is 6. The number of aliphatic carboxylic acids is 2. The van der Waals surface area contributed by atoms with Crippen molar-refractivity contribution >= 4 is 23.3 Å². The highest BCUT2D eigenvalue weighted by Gasteiger charge is 2.40. The molecule has 14 heteroatoms. The summed E-state index contributed by atoms with van der Waals surface area (Å²) >= 11 is 1.89. The van der Waals surface area contributed by atoms with E-state index >= 15 is 0 Å². The van der Waals surface area contributed by atoms with E-state index in [1.807, 2.05) is 29.8 Å². The molecule has 0 aromatic carbocycles. The van der Waals surface area contributed by atoms with Crippen molar-refractivity contribution < 1.29 is 46.1 Å². The molecule has 2 aromatic heterocycles. The van der Waals surface area contributed by atoms with Crippen molar-refractivity contribution in [1.29, 1.82) is 0 Å². The minimum atomic E-state index is -5.08. The summed E-state index contributed by atoms with van der Waals surface area (Å²) in [5, 5.41) is 16.4. The van der Waals surface area contributed by atoms with Crippen molar-refractivity contribution in [3.05, 3.63) is 52.5 Å². The second-order valence-corrected chi connectivity index (χ2v) is 9.82. The van der Waals surface area contributed by atoms with Gasteiger partial charge in [-0.1, -0.05) is 12.1 Å². The third-order valence-electron chi connectivity index (χ3n) is 6.01. The van der Waals surface area contributed by atoms with Gasteiger partial charge in [0.2, 0.25) is 0 Å². The Morgan fingerprint density at radius 1 is 0.892 bits per heavy atom. The minimum Gasteiger partial charge on any atom is -0.475 e. The lowest BCUT2D eigenvalue weighted by Gasteiger charge is -2.39. The van der Waals surface area contributed by atoms with Crippen LogP contribution in [0, 0.1) is 5.41 Å². The van der Waals surface area contributed by atoms with E-state index in [4.69, 9.17) is 19.8 Å². The highest BCUT2D eigenvalue weighted by Crippen LogP contribution is 2.41. The van der Waals surface area contributed by atoms with E-state index < -0.39 is 24.3 Å². The molecule has 2 saturated heterocycles. The van der Waals surface area contributed by atoms with Crippen LogP contribution in [0.25, 0.3) is 0 Å². The zero-order chi connectivity index (χ0) is 27.7. The highest BCUT2D eigenvalue weighted by atomic mass is 32.1. The molecule has 0 amide bonds. The molecule has 2 N–H and O–H groups in total. The quantitative estimate of drug-likeness (QED) is 0.519. The van der Waals surface area contributed by atoms with Gasteiger partial charge in [-0.15, -0.1) is 11.3 Å². The van der Waals surface area contributed by atoms with Crippen LogP contribution < -0.4 is 0 Å². The summed E-state index contributed by atoms with van der Waals surface area (Å²) in [6, 6.07) is 8.67. The number of nitrogens with zero attached hydrogens (tertiary/aromatic N) is 3. The maximum Gasteiger partial charge on any atom is 0.490 e. The standard InChI is InChI=1S/C19H25N3S.2C2HF3O2/c1-3-17(13-20-8-1)14-21-9-5-19(6-10-21)7-11-22(16-19)15-18-4-2-12-23-18;2*3-2(4,5)1(6)7/h1-4,8,12-13H,5-7,9-11,14-16H2;2*(H,6,7). The van der Waals surface area contributed by atoms with Gasteiger partial charge in [-0.25, -0.2) is 9.59 Å². The fourth-order valence-electron chi connectivity index (χ4n) is 4.13. The van der Waals surface area contributed by atoms with Gasteiger partial charge in [0.25, 0.3) is 0 Å². The number of halogens is 6. The van der Waals surface area contributed by atoms with E-state index in [9.17, 15) is 26.3 Å². The zero-order valence-corrected chi connectivity index (χ0v) is 20.5. The lowest BCUT2D eigenvalue weighted by molar-refractivity contribution is -0.193. The maximum absolute atomic E-state index is 10.6. The first-order valence-electron chi connectivity index (χ1n) is 11.2. The third-order valence-corrected chi connectivity index (χ3v) is 6.87. The van der Waals surface area contributed by atoms with Gasteiger partial charge in [0.05, 0.1) is 0 Å². The second kappa shape index (κ2) is 13.2. The van der Waals surface area contributed by atoms with E-state index in [1.54, 1.807) is 0 Å². The number of pyridine rings is 1. The lowest BCUT2D eigenvalue weighted by Crippen LogP contribution is -2.41. The van der Waals surface area contributed by atoms with Gasteiger partial charge < -0.3 is 10.2 Å². The Morgan fingerprint density at radius 3 is 1.86 bits per heavy atom. The van der Waals surface area contributed by atoms with Gasteiger partial charge >= 0.3 is 24.3 Å². The number of carboxylic acid groups (broad SMARTS) is 2. The predicted molar refractivity (Wildman–Crippen MR) is 123 cm³/mol. The number of carboxylic acids is 2. The van der Waals surface area contributed by atoms with Gasteiger partial charge in [0, 0.05) is 36.9 Å². The van der Waals surface area contributed by atoms with Crippen LogP contribution >= 0.6 is 11.3 Å². The Kier molecular flexibility index (Phi) is 10.9. The normalized spacial score (nSPS) is 17.9. The van der Waals surface area contributed by atoms with Crippen LogP contribution in [0.1, 0.15) is 29.7 Å². The molecule has 2 aliphatic rings. The summed E-state index contributed by atoms with van der Waals surface area (Å²) in [4.78, 5) is 28.8. The van der Waals surface area contributed by atoms with Gasteiger partial charge in [0.15, 0.2) is 0 Å². The average molecular weight is 556 g/mol. The summed E-state index contributed by atoms with van der Waals surface area (Å²) in [5.74, 6) is -5.51. The number of carbonyl (C=O) groups is 2. The first-order chi connectivity index (χ1) is 17.2. The first-order valence-corrected chi connectivity index (χ1v) is 12.0. The first kappa shape index (κ1) is 30.5. The summed E-state index contributed by atoms with van der Waals surface area (Å²) in [7, 11) is 0. The molecule has 4 heterocycles. The van der Waals surface area contributed by atoms with Crippen LogP contribution in [0.2, 0.25) is 0 Å². The van der Waals surface area contributed by atoms with Gasteiger partial charge in [0.1, 0.15) is 0 Å². The molecular formula is C23H27F6N3O4S. The molecular weight excluding hydrogens is 528 g/mol. The van der Waals surface area contributed by atoms with Crippen molar-refractivity contribution in [2.24, 2.45) is 5.41 Å². The minimum absolute atomic E-state index is 0.586. The number of likely N-dealkylation sites (tertiary alicyclic amines) is 2. The number of hydrogen-bond donors (Lipinski definition) is 2. The molecule has 4 rings (SSSR count). The smallest absolute Gasteiger partial charge is 0.475 e. The molecule has 0 saturated carbocycles. The number of rotatable bonds is 4. The maximum atomic E-state index is 10.6. The van der Waals surface area contributed by atoms with Gasteiger partial charge in [-0.05, 0) is 67.4 Å². The molecule has 2 fully saturated rings. The van der Waals surface area contributed by atoms with Crippen molar-refractivity contribution in [2.45, 2.75) is 44.7 Å². The largest absolute Gasteiger partial charge is 0.490 e. The molecule has 0 atom stereocenters. The fraction of sp³-hybridized carbons (Fsp3) is 0.522. The number of aromatic nitrogens is 1. The molecule has 0 bridgehead atoms. The highest BCUT2D eigenvalue weighted by molar-refractivity contribution is 7.09. The van der Waals surface area contributed by atoms with Crippen LogP contribution in [0.5, 0.6) is 0 Å². The zero-order valence-electron chi connectivity index (χ0n) is 19.6. The van der Waals surface area contributed by atoms with E-state index in [2.05, 4.69) is 38.4 Å². The molecule has 1 spiro atoms. The van der Waals surface area contributed by atoms with Crippen LogP contribution in [0.4, 0.5) is 26.3 Å². The van der Waals surface area contributed by atoms with E-state index in [-0.39, 0.29) is 0 Å². The number of piperidine rings is 1. The molecule has 0 unspecified atom stereocenters. The Bertz CT molecular complexity index is 955. The molecule has 2 aromatic rings.